The fraction of sp³-hybridized carbons (Fsp3) is 0.194. The molecule has 5 aromatic rings. The number of ether oxygens (including phenoxy) is 1. The zero-order valence-electron chi connectivity index (χ0n) is 22.8. The van der Waals surface area contributed by atoms with E-state index in [4.69, 9.17) is 9.72 Å². The topological polar surface area (TPSA) is 109 Å². The molecule has 3 aromatic carbocycles. The van der Waals surface area contributed by atoms with Crippen molar-refractivity contribution < 1.29 is 13.9 Å². The number of aromatic nitrogens is 4. The van der Waals surface area contributed by atoms with Gasteiger partial charge in [0, 0.05) is 49.3 Å². The van der Waals surface area contributed by atoms with Gasteiger partial charge in [0.05, 0.1) is 29.5 Å². The standard InChI is InChI=1S/C31H26FN7O2/c1-18-10-21(22-5-4-19(15-33)11-23(22)30-37-35-17-38(30)2)14-28(36-18)39-27-7-6-26(32)24-12-20(16-34-8-9-41-3)13-25(29(24)27)31(39)40/h4-7,10-14,17,34H,8-9,16H2,1-3H3. The molecule has 0 bridgehead atoms. The Balaban J connectivity index is 1.46. The molecule has 0 radical (unpaired) electrons. The number of rotatable bonds is 8. The van der Waals surface area contributed by atoms with E-state index in [1.54, 1.807) is 47.2 Å². The SMILES string of the molecule is COCCNCc1cc2c3c(ccc(F)c3c1)N(c1cc(-c3ccc(C#N)cc3-c3nncn3C)cc(C)n1)C2=O. The number of pyridine rings is 1. The monoisotopic (exact) mass is 547 g/mol. The summed E-state index contributed by atoms with van der Waals surface area (Å²) in [5.41, 5.74) is 5.33. The predicted molar refractivity (Wildman–Crippen MR) is 153 cm³/mol. The maximum atomic E-state index is 15.1. The lowest BCUT2D eigenvalue weighted by Crippen LogP contribution is -2.22. The summed E-state index contributed by atoms with van der Waals surface area (Å²) in [6.07, 6.45) is 1.60. The molecule has 41 heavy (non-hydrogen) atoms. The van der Waals surface area contributed by atoms with Gasteiger partial charge < -0.3 is 14.6 Å². The van der Waals surface area contributed by atoms with Crippen LogP contribution in [0.3, 0.4) is 0 Å². The Morgan fingerprint density at radius 1 is 1.07 bits per heavy atom. The summed E-state index contributed by atoms with van der Waals surface area (Å²) in [4.78, 5) is 20.2. The Labute approximate surface area is 235 Å². The lowest BCUT2D eigenvalue weighted by atomic mass is 9.97. The first-order chi connectivity index (χ1) is 19.9. The third-order valence-corrected chi connectivity index (χ3v) is 7.17. The van der Waals surface area contributed by atoms with E-state index >= 15 is 4.39 Å². The van der Waals surface area contributed by atoms with Crippen molar-refractivity contribution in [3.05, 3.63) is 89.1 Å². The minimum atomic E-state index is -0.387. The molecule has 1 amide bonds. The van der Waals surface area contributed by atoms with Crippen molar-refractivity contribution in [1.82, 2.24) is 25.1 Å². The summed E-state index contributed by atoms with van der Waals surface area (Å²) >= 11 is 0. The van der Waals surface area contributed by atoms with Crippen molar-refractivity contribution in [3.8, 4) is 28.6 Å². The number of amides is 1. The molecule has 0 aliphatic carbocycles. The Kier molecular flexibility index (Phi) is 6.75. The van der Waals surface area contributed by atoms with Gasteiger partial charge in [0.15, 0.2) is 5.82 Å². The van der Waals surface area contributed by atoms with Gasteiger partial charge in [-0.2, -0.15) is 5.26 Å². The van der Waals surface area contributed by atoms with Gasteiger partial charge in [0.2, 0.25) is 0 Å². The van der Waals surface area contributed by atoms with Crippen molar-refractivity contribution in [1.29, 1.82) is 5.26 Å². The van der Waals surface area contributed by atoms with E-state index in [2.05, 4.69) is 21.6 Å². The molecule has 204 valence electrons. The van der Waals surface area contributed by atoms with Crippen molar-refractivity contribution in [3.63, 3.8) is 0 Å². The Morgan fingerprint density at radius 3 is 2.68 bits per heavy atom. The first kappa shape index (κ1) is 26.3. The number of nitrogens with one attached hydrogen (secondary N) is 1. The highest BCUT2D eigenvalue weighted by Gasteiger charge is 2.33. The van der Waals surface area contributed by atoms with Gasteiger partial charge >= 0.3 is 0 Å². The number of hydrogen-bond acceptors (Lipinski definition) is 7. The number of benzene rings is 3. The first-order valence-corrected chi connectivity index (χ1v) is 13.1. The number of hydrogen-bond donors (Lipinski definition) is 1. The number of carbonyl (C=O) groups excluding carboxylic acids is 1. The fourth-order valence-electron chi connectivity index (χ4n) is 5.31. The molecule has 0 fully saturated rings. The van der Waals surface area contributed by atoms with Crippen LogP contribution in [0.15, 0.2) is 60.9 Å². The average molecular weight is 548 g/mol. The second-order valence-electron chi connectivity index (χ2n) is 9.94. The molecule has 3 heterocycles. The van der Waals surface area contributed by atoms with Crippen LogP contribution in [0.1, 0.15) is 27.2 Å². The fourth-order valence-corrected chi connectivity index (χ4v) is 5.31. The smallest absolute Gasteiger partial charge is 0.264 e. The van der Waals surface area contributed by atoms with Crippen molar-refractivity contribution in [2.24, 2.45) is 7.05 Å². The number of halogens is 1. The van der Waals surface area contributed by atoms with Gasteiger partial charge in [-0.15, -0.1) is 10.2 Å². The van der Waals surface area contributed by atoms with Gasteiger partial charge in [-0.3, -0.25) is 9.69 Å². The molecule has 0 unspecified atom stereocenters. The maximum Gasteiger partial charge on any atom is 0.264 e. The molecule has 1 N–H and O–H groups in total. The van der Waals surface area contributed by atoms with Crippen LogP contribution in [0.4, 0.5) is 15.9 Å². The van der Waals surface area contributed by atoms with E-state index in [1.807, 2.05) is 38.2 Å². The van der Waals surface area contributed by atoms with E-state index in [-0.39, 0.29) is 11.7 Å². The number of nitriles is 1. The first-order valence-electron chi connectivity index (χ1n) is 13.1. The molecule has 10 heteroatoms. The highest BCUT2D eigenvalue weighted by Crippen LogP contribution is 2.44. The number of anilines is 2. The third kappa shape index (κ3) is 4.61. The second-order valence-corrected chi connectivity index (χ2v) is 9.94. The van der Waals surface area contributed by atoms with Crippen molar-refractivity contribution >= 4 is 28.2 Å². The van der Waals surface area contributed by atoms with Crippen molar-refractivity contribution in [2.45, 2.75) is 13.5 Å². The zero-order valence-corrected chi connectivity index (χ0v) is 22.8. The highest BCUT2D eigenvalue weighted by molar-refractivity contribution is 6.27. The summed E-state index contributed by atoms with van der Waals surface area (Å²) in [7, 11) is 3.47. The summed E-state index contributed by atoms with van der Waals surface area (Å²) in [6.45, 7) is 3.51. The van der Waals surface area contributed by atoms with Gasteiger partial charge in [0.1, 0.15) is 18.0 Å². The van der Waals surface area contributed by atoms with E-state index in [0.717, 1.165) is 22.3 Å². The van der Waals surface area contributed by atoms with E-state index in [9.17, 15) is 10.1 Å². The molecule has 6 rings (SSSR count). The van der Waals surface area contributed by atoms with E-state index < -0.39 is 0 Å². The summed E-state index contributed by atoms with van der Waals surface area (Å²) in [6, 6.07) is 17.9. The lowest BCUT2D eigenvalue weighted by Gasteiger charge is -2.19. The Morgan fingerprint density at radius 2 is 1.93 bits per heavy atom. The average Bonchev–Trinajstić information content (AvgIpc) is 3.53. The minimum Gasteiger partial charge on any atom is -0.383 e. The van der Waals surface area contributed by atoms with Gasteiger partial charge in [-0.05, 0) is 72.1 Å². The molecular weight excluding hydrogens is 521 g/mol. The van der Waals surface area contributed by atoms with Crippen LogP contribution in [0.25, 0.3) is 33.3 Å². The molecule has 9 nitrogen and oxygen atoms in total. The number of carbonyl (C=O) groups is 1. The van der Waals surface area contributed by atoms with Crippen LogP contribution < -0.4 is 10.2 Å². The number of methoxy groups -OCH3 is 1. The maximum absolute atomic E-state index is 15.1. The predicted octanol–water partition coefficient (Wildman–Crippen LogP) is 5.04. The largest absolute Gasteiger partial charge is 0.383 e. The normalized spacial score (nSPS) is 12.4. The molecule has 2 aromatic heterocycles. The Hall–Kier alpha value is -4.98. The van der Waals surface area contributed by atoms with Gasteiger partial charge in [0.25, 0.3) is 5.91 Å². The molecule has 1 aliphatic heterocycles. The van der Waals surface area contributed by atoms with Crippen LogP contribution >= 0.6 is 0 Å². The number of aryl methyl sites for hydroxylation is 2. The lowest BCUT2D eigenvalue weighted by molar-refractivity contribution is 0.100. The van der Waals surface area contributed by atoms with Gasteiger partial charge in [-0.1, -0.05) is 6.07 Å². The molecule has 0 atom stereocenters. The van der Waals surface area contributed by atoms with Crippen LogP contribution in [0.5, 0.6) is 0 Å². The molecule has 1 aliphatic rings. The van der Waals surface area contributed by atoms with E-state index in [1.165, 1.54) is 6.07 Å². The molecule has 0 spiro atoms. The second kappa shape index (κ2) is 10.5. The zero-order chi connectivity index (χ0) is 28.7. The molecule has 0 saturated heterocycles. The summed E-state index contributed by atoms with van der Waals surface area (Å²) in [5.74, 6) is 0.362. The quantitative estimate of drug-likeness (QED) is 0.271. The van der Waals surface area contributed by atoms with Gasteiger partial charge in [-0.25, -0.2) is 9.37 Å². The summed E-state index contributed by atoms with van der Waals surface area (Å²) < 4.78 is 21.9. The Bertz CT molecular complexity index is 1880. The minimum absolute atomic E-state index is 0.272. The third-order valence-electron chi connectivity index (χ3n) is 7.17. The van der Waals surface area contributed by atoms with Crippen LogP contribution in [0.2, 0.25) is 0 Å². The van der Waals surface area contributed by atoms with Crippen LogP contribution in [0, 0.1) is 24.1 Å². The highest BCUT2D eigenvalue weighted by atomic mass is 19.1. The molecule has 0 saturated carbocycles. The van der Waals surface area contributed by atoms with Crippen LogP contribution in [-0.2, 0) is 18.3 Å². The number of nitrogens with zero attached hydrogens (tertiary/aromatic N) is 6. The van der Waals surface area contributed by atoms with Crippen LogP contribution in [-0.4, -0.2) is 45.9 Å². The molecular formula is C31H26FN7O2. The van der Waals surface area contributed by atoms with E-state index in [0.29, 0.717) is 64.6 Å². The van der Waals surface area contributed by atoms with Crippen molar-refractivity contribution in [2.75, 3.05) is 25.2 Å². The summed E-state index contributed by atoms with van der Waals surface area (Å²) in [5, 5.41) is 22.0.